The van der Waals surface area contributed by atoms with E-state index in [0.717, 1.165) is 33.6 Å². The Kier molecular flexibility index (Phi) is 9.41. The zero-order valence-corrected chi connectivity index (χ0v) is 22.1. The number of anilines is 2. The average molecular weight is 543 g/mol. The van der Waals surface area contributed by atoms with Crippen LogP contribution in [-0.4, -0.2) is 65.6 Å². The number of halogens is 2. The third kappa shape index (κ3) is 6.81. The second-order valence-electron chi connectivity index (χ2n) is 8.63. The van der Waals surface area contributed by atoms with E-state index in [-0.39, 0.29) is 10.9 Å². The topological polar surface area (TPSA) is 94.4 Å². The van der Waals surface area contributed by atoms with Gasteiger partial charge in [-0.3, -0.25) is 9.69 Å². The number of ether oxygens (including phenoxy) is 1. The molecular weight excluding hydrogens is 515 g/mol. The van der Waals surface area contributed by atoms with Gasteiger partial charge in [0.25, 0.3) is 0 Å². The van der Waals surface area contributed by atoms with E-state index in [0.29, 0.717) is 57.1 Å². The SMILES string of the molecule is COCCCN(C/C=C/C(=O)N1CCc2c(sc3ncnc(Nc4ccc(F)c(Cl)c4)c23)C1)CCC#N. The van der Waals surface area contributed by atoms with Crippen molar-refractivity contribution in [1.29, 1.82) is 5.26 Å². The summed E-state index contributed by atoms with van der Waals surface area (Å²) in [7, 11) is 1.67. The van der Waals surface area contributed by atoms with Gasteiger partial charge in [0.05, 0.1) is 23.0 Å². The average Bonchev–Trinajstić information content (AvgIpc) is 3.28. The van der Waals surface area contributed by atoms with Crippen LogP contribution < -0.4 is 5.32 Å². The van der Waals surface area contributed by atoms with Crippen molar-refractivity contribution in [3.05, 3.63) is 58.0 Å². The molecule has 2 aromatic heterocycles. The van der Waals surface area contributed by atoms with Crippen molar-refractivity contribution >= 4 is 50.6 Å². The van der Waals surface area contributed by atoms with Gasteiger partial charge in [-0.05, 0) is 36.6 Å². The minimum Gasteiger partial charge on any atom is -0.385 e. The Morgan fingerprint density at radius 1 is 1.41 bits per heavy atom. The molecular formula is C26H28ClFN6O2S. The van der Waals surface area contributed by atoms with Gasteiger partial charge in [0.1, 0.15) is 22.8 Å². The van der Waals surface area contributed by atoms with E-state index in [2.05, 4.69) is 26.3 Å². The van der Waals surface area contributed by atoms with Crippen LogP contribution in [0.15, 0.2) is 36.7 Å². The number of aromatic nitrogens is 2. The quantitative estimate of drug-likeness (QED) is 0.271. The molecule has 1 amide bonds. The fourth-order valence-electron chi connectivity index (χ4n) is 4.26. The number of nitriles is 1. The molecule has 1 aliphatic heterocycles. The lowest BCUT2D eigenvalue weighted by atomic mass is 10.0. The van der Waals surface area contributed by atoms with Gasteiger partial charge in [-0.2, -0.15) is 5.26 Å². The minimum absolute atomic E-state index is 0.0352. The van der Waals surface area contributed by atoms with Gasteiger partial charge in [-0.15, -0.1) is 11.3 Å². The second-order valence-corrected chi connectivity index (χ2v) is 10.1. The van der Waals surface area contributed by atoms with E-state index in [1.54, 1.807) is 30.6 Å². The molecule has 0 fully saturated rings. The van der Waals surface area contributed by atoms with Crippen molar-refractivity contribution in [1.82, 2.24) is 19.8 Å². The van der Waals surface area contributed by atoms with Gasteiger partial charge < -0.3 is 15.0 Å². The molecule has 37 heavy (non-hydrogen) atoms. The summed E-state index contributed by atoms with van der Waals surface area (Å²) in [5.41, 5.74) is 1.76. The molecule has 8 nitrogen and oxygen atoms in total. The number of rotatable bonds is 11. The Morgan fingerprint density at radius 2 is 2.27 bits per heavy atom. The Balaban J connectivity index is 1.43. The standard InChI is InChI=1S/C26H28ClFN6O2S/c1-36-14-4-12-33(11-3-9-29)10-2-5-23(35)34-13-8-19-22(16-34)37-26-24(19)25(30-17-31-26)32-18-6-7-21(28)20(27)15-18/h2,5-7,15,17H,3-4,8,10-14,16H2,1H3,(H,30,31,32)/b5-2+. The van der Waals surface area contributed by atoms with Gasteiger partial charge in [-0.1, -0.05) is 17.7 Å². The maximum atomic E-state index is 13.6. The van der Waals surface area contributed by atoms with Gasteiger partial charge in [-0.25, -0.2) is 14.4 Å². The van der Waals surface area contributed by atoms with Crippen LogP contribution in [0.25, 0.3) is 10.2 Å². The molecule has 0 bridgehead atoms. The molecule has 0 atom stereocenters. The molecule has 3 heterocycles. The number of carbonyl (C=O) groups excluding carboxylic acids is 1. The summed E-state index contributed by atoms with van der Waals surface area (Å²) < 4.78 is 18.7. The molecule has 0 spiro atoms. The highest BCUT2D eigenvalue weighted by molar-refractivity contribution is 7.19. The molecule has 1 aliphatic rings. The summed E-state index contributed by atoms with van der Waals surface area (Å²) in [4.78, 5) is 27.7. The summed E-state index contributed by atoms with van der Waals surface area (Å²) in [6, 6.07) is 6.62. The summed E-state index contributed by atoms with van der Waals surface area (Å²) in [5.74, 6) is 0.120. The number of hydrogen-bond donors (Lipinski definition) is 1. The highest BCUT2D eigenvalue weighted by Gasteiger charge is 2.25. The maximum Gasteiger partial charge on any atom is 0.246 e. The Labute approximate surface area is 224 Å². The van der Waals surface area contributed by atoms with Crippen molar-refractivity contribution in [2.45, 2.75) is 25.8 Å². The number of amides is 1. The lowest BCUT2D eigenvalue weighted by molar-refractivity contribution is -0.126. The third-order valence-electron chi connectivity index (χ3n) is 6.12. The van der Waals surface area contributed by atoms with Crippen LogP contribution >= 0.6 is 22.9 Å². The largest absolute Gasteiger partial charge is 0.385 e. The van der Waals surface area contributed by atoms with Crippen molar-refractivity contribution in [2.24, 2.45) is 0 Å². The first-order valence-electron chi connectivity index (χ1n) is 12.0. The number of nitrogens with zero attached hydrogens (tertiary/aromatic N) is 5. The van der Waals surface area contributed by atoms with Crippen molar-refractivity contribution in [3.63, 3.8) is 0 Å². The van der Waals surface area contributed by atoms with Crippen LogP contribution in [0.1, 0.15) is 23.3 Å². The fourth-order valence-corrected chi connectivity index (χ4v) is 5.65. The predicted octanol–water partition coefficient (Wildman–Crippen LogP) is 4.92. The molecule has 3 aromatic rings. The summed E-state index contributed by atoms with van der Waals surface area (Å²) in [5, 5.41) is 13.1. The summed E-state index contributed by atoms with van der Waals surface area (Å²) in [6.45, 7) is 3.84. The first-order valence-corrected chi connectivity index (χ1v) is 13.2. The normalized spacial score (nSPS) is 13.3. The monoisotopic (exact) mass is 542 g/mol. The van der Waals surface area contributed by atoms with Crippen molar-refractivity contribution in [2.75, 3.05) is 45.2 Å². The lowest BCUT2D eigenvalue weighted by Gasteiger charge is -2.26. The van der Waals surface area contributed by atoms with Gasteiger partial charge in [0.15, 0.2) is 0 Å². The first-order chi connectivity index (χ1) is 18.0. The van der Waals surface area contributed by atoms with E-state index >= 15 is 0 Å². The molecule has 11 heteroatoms. The number of methoxy groups -OCH3 is 1. The van der Waals surface area contributed by atoms with E-state index in [9.17, 15) is 9.18 Å². The van der Waals surface area contributed by atoms with Gasteiger partial charge in [0, 0.05) is 63.0 Å². The smallest absolute Gasteiger partial charge is 0.246 e. The van der Waals surface area contributed by atoms with Gasteiger partial charge >= 0.3 is 0 Å². The molecule has 1 N–H and O–H groups in total. The Bertz CT molecular complexity index is 1320. The molecule has 0 unspecified atom stereocenters. The Hall–Kier alpha value is -3.10. The number of carbonyl (C=O) groups is 1. The molecule has 194 valence electrons. The second kappa shape index (κ2) is 12.9. The van der Waals surface area contributed by atoms with Crippen LogP contribution in [-0.2, 0) is 22.5 Å². The highest BCUT2D eigenvalue weighted by Crippen LogP contribution is 2.38. The number of nitrogens with one attached hydrogen (secondary N) is 1. The molecule has 0 saturated heterocycles. The number of benzene rings is 1. The summed E-state index contributed by atoms with van der Waals surface area (Å²) >= 11 is 7.49. The van der Waals surface area contributed by atoms with Crippen LogP contribution in [0.5, 0.6) is 0 Å². The summed E-state index contributed by atoms with van der Waals surface area (Å²) in [6.07, 6.45) is 7.00. The molecule has 1 aromatic carbocycles. The number of fused-ring (bicyclic) bond motifs is 3. The van der Waals surface area contributed by atoms with E-state index in [1.165, 1.54) is 18.5 Å². The molecule has 0 radical (unpaired) electrons. The predicted molar refractivity (Wildman–Crippen MR) is 144 cm³/mol. The molecule has 0 aliphatic carbocycles. The van der Waals surface area contributed by atoms with Crippen LogP contribution in [0, 0.1) is 17.1 Å². The first kappa shape index (κ1) is 26.9. The maximum absolute atomic E-state index is 13.6. The highest BCUT2D eigenvalue weighted by atomic mass is 35.5. The molecule has 0 saturated carbocycles. The van der Waals surface area contributed by atoms with Gasteiger partial charge in [0.2, 0.25) is 5.91 Å². The minimum atomic E-state index is -0.479. The van der Waals surface area contributed by atoms with Crippen LogP contribution in [0.2, 0.25) is 5.02 Å². The number of hydrogen-bond acceptors (Lipinski definition) is 8. The van der Waals surface area contributed by atoms with Crippen LogP contribution in [0.3, 0.4) is 0 Å². The van der Waals surface area contributed by atoms with Crippen molar-refractivity contribution < 1.29 is 13.9 Å². The van der Waals surface area contributed by atoms with E-state index in [4.69, 9.17) is 21.6 Å². The molecule has 4 rings (SSSR count). The number of thiophene rings is 1. The zero-order chi connectivity index (χ0) is 26.2. The third-order valence-corrected chi connectivity index (χ3v) is 7.53. The van der Waals surface area contributed by atoms with E-state index in [1.807, 2.05) is 11.0 Å². The van der Waals surface area contributed by atoms with E-state index < -0.39 is 5.82 Å². The van der Waals surface area contributed by atoms with Crippen LogP contribution in [0.4, 0.5) is 15.9 Å². The van der Waals surface area contributed by atoms with Crippen molar-refractivity contribution in [3.8, 4) is 6.07 Å². The zero-order valence-electron chi connectivity index (χ0n) is 20.5. The lowest BCUT2D eigenvalue weighted by Crippen LogP contribution is -2.34. The Morgan fingerprint density at radius 3 is 3.05 bits per heavy atom. The fraction of sp³-hybridized carbons (Fsp3) is 0.385.